The van der Waals surface area contributed by atoms with Crippen LogP contribution in [-0.2, 0) is 11.3 Å². The van der Waals surface area contributed by atoms with E-state index >= 15 is 0 Å². The third-order valence-electron chi connectivity index (χ3n) is 2.81. The third-order valence-corrected chi connectivity index (χ3v) is 2.81. The molecule has 0 amide bonds. The Morgan fingerprint density at radius 3 is 2.75 bits per heavy atom. The molecule has 1 aliphatic heterocycles. The highest BCUT2D eigenvalue weighted by Gasteiger charge is 2.14. The van der Waals surface area contributed by atoms with Gasteiger partial charge in [0, 0.05) is 24.3 Å². The van der Waals surface area contributed by atoms with E-state index < -0.39 is 0 Å². The molecule has 0 aliphatic carbocycles. The van der Waals surface area contributed by atoms with Gasteiger partial charge in [0.25, 0.3) is 0 Å². The predicted octanol–water partition coefficient (Wildman–Crippen LogP) is 1.02. The van der Waals surface area contributed by atoms with Gasteiger partial charge in [0.05, 0.1) is 26.9 Å². The molecule has 1 heterocycles. The summed E-state index contributed by atoms with van der Waals surface area (Å²) in [6, 6.07) is 5.80. The molecule has 1 N–H and O–H groups in total. The van der Waals surface area contributed by atoms with Crippen LogP contribution in [0.1, 0.15) is 5.56 Å². The van der Waals surface area contributed by atoms with Crippen molar-refractivity contribution in [3.05, 3.63) is 23.8 Å². The number of morpholine rings is 1. The third kappa shape index (κ3) is 2.28. The van der Waals surface area contributed by atoms with Gasteiger partial charge in [0.1, 0.15) is 5.75 Å². The van der Waals surface area contributed by atoms with E-state index in [2.05, 4.69) is 4.90 Å². The van der Waals surface area contributed by atoms with Crippen LogP contribution in [0.4, 0.5) is 5.69 Å². The van der Waals surface area contributed by atoms with Crippen LogP contribution in [0.25, 0.3) is 0 Å². The van der Waals surface area contributed by atoms with Gasteiger partial charge >= 0.3 is 0 Å². The Bertz CT molecular complexity index is 348. The van der Waals surface area contributed by atoms with Crippen LogP contribution in [0.2, 0.25) is 0 Å². The Hall–Kier alpha value is -1.26. The van der Waals surface area contributed by atoms with Crippen LogP contribution in [0.5, 0.6) is 5.75 Å². The summed E-state index contributed by atoms with van der Waals surface area (Å²) in [6.07, 6.45) is 0. The van der Waals surface area contributed by atoms with E-state index in [4.69, 9.17) is 9.47 Å². The minimum Gasteiger partial charge on any atom is -0.497 e. The van der Waals surface area contributed by atoms with Crippen molar-refractivity contribution in [3.8, 4) is 5.75 Å². The topological polar surface area (TPSA) is 41.9 Å². The number of hydrogen-bond donors (Lipinski definition) is 1. The molecular weight excluding hydrogens is 206 g/mol. The van der Waals surface area contributed by atoms with E-state index in [1.165, 1.54) is 0 Å². The van der Waals surface area contributed by atoms with E-state index in [1.807, 2.05) is 18.2 Å². The number of aliphatic hydroxyl groups excluding tert-OH is 1. The van der Waals surface area contributed by atoms with Crippen LogP contribution < -0.4 is 9.64 Å². The lowest BCUT2D eigenvalue weighted by molar-refractivity contribution is 0.122. The maximum absolute atomic E-state index is 9.36. The normalized spacial score (nSPS) is 16.2. The lowest BCUT2D eigenvalue weighted by atomic mass is 10.1. The lowest BCUT2D eigenvalue weighted by Gasteiger charge is -2.30. The van der Waals surface area contributed by atoms with Gasteiger partial charge in [-0.15, -0.1) is 0 Å². The van der Waals surface area contributed by atoms with Crippen LogP contribution in [0.15, 0.2) is 18.2 Å². The molecule has 0 unspecified atom stereocenters. The molecule has 4 nitrogen and oxygen atoms in total. The number of benzene rings is 1. The molecule has 16 heavy (non-hydrogen) atoms. The van der Waals surface area contributed by atoms with Crippen LogP contribution >= 0.6 is 0 Å². The molecule has 1 aromatic rings. The number of methoxy groups -OCH3 is 1. The fourth-order valence-corrected chi connectivity index (χ4v) is 1.93. The average Bonchev–Trinajstić information content (AvgIpc) is 2.39. The van der Waals surface area contributed by atoms with Crippen molar-refractivity contribution in [1.29, 1.82) is 0 Å². The molecule has 1 saturated heterocycles. The standard InChI is InChI=1S/C12H17NO3/c1-15-11-2-3-12(10(8-11)9-14)13-4-6-16-7-5-13/h2-3,8,14H,4-7,9H2,1H3. The molecular formula is C12H17NO3. The number of anilines is 1. The Balaban J connectivity index is 2.24. The van der Waals surface area contributed by atoms with Gasteiger partial charge in [-0.2, -0.15) is 0 Å². The Kier molecular flexibility index (Phi) is 3.64. The molecule has 0 bridgehead atoms. The van der Waals surface area contributed by atoms with E-state index in [-0.39, 0.29) is 6.61 Å². The predicted molar refractivity (Wildman–Crippen MR) is 61.9 cm³/mol. The largest absolute Gasteiger partial charge is 0.497 e. The van der Waals surface area contributed by atoms with Gasteiger partial charge in [-0.1, -0.05) is 0 Å². The van der Waals surface area contributed by atoms with Gasteiger partial charge < -0.3 is 19.5 Å². The van der Waals surface area contributed by atoms with Crippen molar-refractivity contribution < 1.29 is 14.6 Å². The van der Waals surface area contributed by atoms with Crippen molar-refractivity contribution in [1.82, 2.24) is 0 Å². The van der Waals surface area contributed by atoms with Crippen molar-refractivity contribution in [2.75, 3.05) is 38.3 Å². The molecule has 1 aliphatic rings. The number of aliphatic hydroxyl groups is 1. The minimum absolute atomic E-state index is 0.0316. The second-order valence-corrected chi connectivity index (χ2v) is 3.75. The van der Waals surface area contributed by atoms with Crippen molar-refractivity contribution in [2.45, 2.75) is 6.61 Å². The Labute approximate surface area is 95.4 Å². The first-order valence-electron chi connectivity index (χ1n) is 5.45. The minimum atomic E-state index is 0.0316. The fourth-order valence-electron chi connectivity index (χ4n) is 1.93. The fraction of sp³-hybridized carbons (Fsp3) is 0.500. The second-order valence-electron chi connectivity index (χ2n) is 3.75. The Morgan fingerprint density at radius 2 is 2.12 bits per heavy atom. The Morgan fingerprint density at radius 1 is 1.38 bits per heavy atom. The summed E-state index contributed by atoms with van der Waals surface area (Å²) in [5.74, 6) is 0.779. The van der Waals surface area contributed by atoms with E-state index in [9.17, 15) is 5.11 Å². The summed E-state index contributed by atoms with van der Waals surface area (Å²) >= 11 is 0. The maximum Gasteiger partial charge on any atom is 0.119 e. The van der Waals surface area contributed by atoms with Crippen LogP contribution in [0, 0.1) is 0 Å². The van der Waals surface area contributed by atoms with E-state index in [0.29, 0.717) is 0 Å². The molecule has 0 radical (unpaired) electrons. The van der Waals surface area contributed by atoms with Crippen molar-refractivity contribution in [2.24, 2.45) is 0 Å². The highest BCUT2D eigenvalue weighted by atomic mass is 16.5. The molecule has 0 aromatic heterocycles. The highest BCUT2D eigenvalue weighted by molar-refractivity contribution is 5.56. The molecule has 1 aromatic carbocycles. The zero-order valence-electron chi connectivity index (χ0n) is 9.48. The number of nitrogens with zero attached hydrogens (tertiary/aromatic N) is 1. The average molecular weight is 223 g/mol. The monoisotopic (exact) mass is 223 g/mol. The van der Waals surface area contributed by atoms with Crippen LogP contribution in [0.3, 0.4) is 0 Å². The van der Waals surface area contributed by atoms with Gasteiger partial charge in [0.15, 0.2) is 0 Å². The number of rotatable bonds is 3. The summed E-state index contributed by atoms with van der Waals surface area (Å²) in [5.41, 5.74) is 1.98. The smallest absolute Gasteiger partial charge is 0.119 e. The first-order valence-corrected chi connectivity index (χ1v) is 5.45. The quantitative estimate of drug-likeness (QED) is 0.831. The van der Waals surface area contributed by atoms with Gasteiger partial charge in [-0.3, -0.25) is 0 Å². The second kappa shape index (κ2) is 5.18. The molecule has 1 fully saturated rings. The lowest BCUT2D eigenvalue weighted by Crippen LogP contribution is -2.36. The molecule has 88 valence electrons. The summed E-state index contributed by atoms with van der Waals surface area (Å²) in [6.45, 7) is 3.27. The zero-order valence-corrected chi connectivity index (χ0v) is 9.48. The molecule has 4 heteroatoms. The van der Waals surface area contributed by atoms with Crippen LogP contribution in [-0.4, -0.2) is 38.5 Å². The summed E-state index contributed by atoms with van der Waals surface area (Å²) in [4.78, 5) is 2.23. The van der Waals surface area contributed by atoms with Crippen molar-refractivity contribution >= 4 is 5.69 Å². The number of ether oxygens (including phenoxy) is 2. The SMILES string of the molecule is COc1ccc(N2CCOCC2)c(CO)c1. The first-order chi connectivity index (χ1) is 7.85. The molecule has 0 spiro atoms. The first kappa shape index (κ1) is 11.2. The molecule has 0 atom stereocenters. The zero-order chi connectivity index (χ0) is 11.4. The maximum atomic E-state index is 9.36. The highest BCUT2D eigenvalue weighted by Crippen LogP contribution is 2.26. The molecule has 2 rings (SSSR count). The summed E-state index contributed by atoms with van der Waals surface area (Å²) in [5, 5.41) is 9.36. The van der Waals surface area contributed by atoms with Gasteiger partial charge in [-0.05, 0) is 18.2 Å². The van der Waals surface area contributed by atoms with Gasteiger partial charge in [-0.25, -0.2) is 0 Å². The number of hydrogen-bond acceptors (Lipinski definition) is 4. The van der Waals surface area contributed by atoms with Gasteiger partial charge in [0.2, 0.25) is 0 Å². The molecule has 0 saturated carbocycles. The van der Waals surface area contributed by atoms with E-state index in [0.717, 1.165) is 43.3 Å². The van der Waals surface area contributed by atoms with Crippen molar-refractivity contribution in [3.63, 3.8) is 0 Å². The summed E-state index contributed by atoms with van der Waals surface area (Å²) in [7, 11) is 1.63. The summed E-state index contributed by atoms with van der Waals surface area (Å²) < 4.78 is 10.5. The van der Waals surface area contributed by atoms with E-state index in [1.54, 1.807) is 7.11 Å².